The van der Waals surface area contributed by atoms with Gasteiger partial charge in [0.15, 0.2) is 0 Å². The third-order valence-electron chi connectivity index (χ3n) is 2.87. The Kier molecular flexibility index (Phi) is 4.57. The Morgan fingerprint density at radius 3 is 2.24 bits per heavy atom. The van der Waals surface area contributed by atoms with Crippen LogP contribution in [0.25, 0.3) is 0 Å². The molecular formula is C15H16N4O2. The van der Waals surface area contributed by atoms with Gasteiger partial charge in [-0.15, -0.1) is 0 Å². The number of carbonyl (C=O) groups excluding carboxylic acids is 2. The van der Waals surface area contributed by atoms with Crippen LogP contribution >= 0.6 is 0 Å². The molecule has 6 heteroatoms. The van der Waals surface area contributed by atoms with Gasteiger partial charge in [-0.25, -0.2) is 0 Å². The van der Waals surface area contributed by atoms with Crippen molar-refractivity contribution in [2.75, 3.05) is 10.6 Å². The first-order valence-electron chi connectivity index (χ1n) is 6.64. The van der Waals surface area contributed by atoms with Crippen LogP contribution < -0.4 is 16.0 Å². The zero-order chi connectivity index (χ0) is 15.2. The lowest BCUT2D eigenvalue weighted by molar-refractivity contribution is -0.114. The molecule has 1 aliphatic rings. The zero-order valence-electron chi connectivity index (χ0n) is 11.6. The van der Waals surface area contributed by atoms with Crippen LogP contribution in [0.4, 0.5) is 11.4 Å². The normalized spacial score (nSPS) is 14.0. The maximum atomic E-state index is 11.9. The van der Waals surface area contributed by atoms with Crippen LogP contribution in [0.15, 0.2) is 36.0 Å². The molecule has 2 rings (SSSR count). The number of nitrogens with one attached hydrogen (secondary N) is 3. The van der Waals surface area contributed by atoms with E-state index in [9.17, 15) is 9.59 Å². The smallest absolute Gasteiger partial charge is 0.267 e. The lowest BCUT2D eigenvalue weighted by Gasteiger charge is -2.06. The molecule has 1 aromatic carbocycles. The summed E-state index contributed by atoms with van der Waals surface area (Å²) in [5.41, 5.74) is 1.24. The lowest BCUT2D eigenvalue weighted by Crippen LogP contribution is -2.17. The average Bonchev–Trinajstić information content (AvgIpc) is 3.25. The molecule has 0 aliphatic heterocycles. The van der Waals surface area contributed by atoms with Gasteiger partial charge < -0.3 is 16.0 Å². The van der Waals surface area contributed by atoms with E-state index < -0.39 is 5.91 Å². The highest BCUT2D eigenvalue weighted by atomic mass is 16.2. The maximum absolute atomic E-state index is 11.9. The minimum absolute atomic E-state index is 0.0350. The standard InChI is InChI=1S/C15H16N4O2/c1-10(20)18-13-4-6-14(7-5-13)19-15(21)11(8-16)9-17-12-2-3-12/h4-7,9,12,17H,2-3H2,1H3,(H,18,20)(H,19,21)/b11-9-. The van der Waals surface area contributed by atoms with Gasteiger partial charge in [0.25, 0.3) is 5.91 Å². The summed E-state index contributed by atoms with van der Waals surface area (Å²) < 4.78 is 0. The molecule has 0 spiro atoms. The van der Waals surface area contributed by atoms with E-state index in [2.05, 4.69) is 16.0 Å². The topological polar surface area (TPSA) is 94.0 Å². The Morgan fingerprint density at radius 1 is 1.19 bits per heavy atom. The number of carbonyl (C=O) groups is 2. The molecule has 0 atom stereocenters. The van der Waals surface area contributed by atoms with Crippen molar-refractivity contribution in [1.29, 1.82) is 5.26 Å². The third-order valence-corrected chi connectivity index (χ3v) is 2.87. The van der Waals surface area contributed by atoms with Crippen LogP contribution in [0.5, 0.6) is 0 Å². The molecule has 6 nitrogen and oxygen atoms in total. The van der Waals surface area contributed by atoms with Gasteiger partial charge in [0, 0.05) is 30.5 Å². The lowest BCUT2D eigenvalue weighted by atomic mass is 10.2. The fourth-order valence-electron chi connectivity index (χ4n) is 1.64. The van der Waals surface area contributed by atoms with Crippen molar-refractivity contribution in [3.8, 4) is 6.07 Å². The summed E-state index contributed by atoms with van der Waals surface area (Å²) in [6.45, 7) is 1.42. The summed E-state index contributed by atoms with van der Waals surface area (Å²) in [5.74, 6) is -0.620. The largest absolute Gasteiger partial charge is 0.387 e. The molecule has 1 aliphatic carbocycles. The Hall–Kier alpha value is -2.81. The molecule has 1 aromatic rings. The van der Waals surface area contributed by atoms with Gasteiger partial charge in [0.2, 0.25) is 5.91 Å². The van der Waals surface area contributed by atoms with Gasteiger partial charge in [0.05, 0.1) is 0 Å². The SMILES string of the molecule is CC(=O)Nc1ccc(NC(=O)/C(C#N)=C\NC2CC2)cc1. The van der Waals surface area contributed by atoms with Crippen molar-refractivity contribution in [3.05, 3.63) is 36.0 Å². The monoisotopic (exact) mass is 284 g/mol. The first kappa shape index (κ1) is 14.6. The maximum Gasteiger partial charge on any atom is 0.267 e. The second-order valence-electron chi connectivity index (χ2n) is 4.82. The molecule has 1 fully saturated rings. The number of nitriles is 1. The van der Waals surface area contributed by atoms with Crippen molar-refractivity contribution in [2.45, 2.75) is 25.8 Å². The Morgan fingerprint density at radius 2 is 1.76 bits per heavy atom. The van der Waals surface area contributed by atoms with Crippen LogP contribution in [-0.4, -0.2) is 17.9 Å². The highest BCUT2D eigenvalue weighted by Gasteiger charge is 2.20. The van der Waals surface area contributed by atoms with E-state index in [1.54, 1.807) is 24.3 Å². The Bertz CT molecular complexity index is 610. The van der Waals surface area contributed by atoms with Crippen LogP contribution in [0.1, 0.15) is 19.8 Å². The molecule has 0 heterocycles. The third kappa shape index (κ3) is 4.66. The fourth-order valence-corrected chi connectivity index (χ4v) is 1.64. The fraction of sp³-hybridized carbons (Fsp3) is 0.267. The van der Waals surface area contributed by atoms with Crippen molar-refractivity contribution in [2.24, 2.45) is 0 Å². The van der Waals surface area contributed by atoms with Crippen molar-refractivity contribution >= 4 is 23.2 Å². The van der Waals surface area contributed by atoms with Crippen molar-refractivity contribution in [3.63, 3.8) is 0 Å². The molecule has 0 unspecified atom stereocenters. The predicted octanol–water partition coefficient (Wildman–Crippen LogP) is 1.74. The molecule has 21 heavy (non-hydrogen) atoms. The number of hydrogen-bond acceptors (Lipinski definition) is 4. The van der Waals surface area contributed by atoms with Crippen LogP contribution in [0.2, 0.25) is 0 Å². The van der Waals surface area contributed by atoms with E-state index in [4.69, 9.17) is 5.26 Å². The van der Waals surface area contributed by atoms with Crippen molar-refractivity contribution < 1.29 is 9.59 Å². The van der Waals surface area contributed by atoms with E-state index in [1.165, 1.54) is 13.1 Å². The Labute approximate surface area is 122 Å². The van der Waals surface area contributed by atoms with Gasteiger partial charge >= 0.3 is 0 Å². The van der Waals surface area contributed by atoms with Gasteiger partial charge in [-0.1, -0.05) is 0 Å². The van der Waals surface area contributed by atoms with Crippen molar-refractivity contribution in [1.82, 2.24) is 5.32 Å². The molecule has 108 valence electrons. The first-order chi connectivity index (χ1) is 10.1. The molecule has 1 saturated carbocycles. The summed E-state index contributed by atoms with van der Waals surface area (Å²) in [7, 11) is 0. The number of benzene rings is 1. The number of amides is 2. The minimum atomic E-state index is -0.460. The summed E-state index contributed by atoms with van der Waals surface area (Å²) in [6, 6.07) is 8.93. The molecule has 0 radical (unpaired) electrons. The summed E-state index contributed by atoms with van der Waals surface area (Å²) in [6.07, 6.45) is 3.60. The zero-order valence-corrected chi connectivity index (χ0v) is 11.6. The molecule has 0 saturated heterocycles. The minimum Gasteiger partial charge on any atom is -0.387 e. The van der Waals surface area contributed by atoms with Gasteiger partial charge in [-0.3, -0.25) is 9.59 Å². The predicted molar refractivity (Wildman–Crippen MR) is 79.2 cm³/mol. The van der Waals surface area contributed by atoms with Crippen LogP contribution in [-0.2, 0) is 9.59 Å². The molecule has 0 bridgehead atoms. The van der Waals surface area contributed by atoms with Gasteiger partial charge in [0.1, 0.15) is 11.6 Å². The second kappa shape index (κ2) is 6.57. The highest BCUT2D eigenvalue weighted by molar-refractivity contribution is 6.06. The number of anilines is 2. The van der Waals surface area contributed by atoms with E-state index in [1.807, 2.05) is 6.07 Å². The van der Waals surface area contributed by atoms with Crippen LogP contribution in [0.3, 0.4) is 0 Å². The molecule has 3 N–H and O–H groups in total. The van der Waals surface area contributed by atoms with Crippen LogP contribution in [0, 0.1) is 11.3 Å². The summed E-state index contributed by atoms with van der Waals surface area (Å²) in [4.78, 5) is 22.8. The van der Waals surface area contributed by atoms with Gasteiger partial charge in [-0.05, 0) is 37.1 Å². The molecule has 2 amide bonds. The second-order valence-corrected chi connectivity index (χ2v) is 4.82. The number of nitrogens with zero attached hydrogens (tertiary/aromatic N) is 1. The summed E-state index contributed by atoms with van der Waals surface area (Å²) in [5, 5.41) is 17.3. The summed E-state index contributed by atoms with van der Waals surface area (Å²) >= 11 is 0. The number of hydrogen-bond donors (Lipinski definition) is 3. The molecule has 0 aromatic heterocycles. The first-order valence-corrected chi connectivity index (χ1v) is 6.64. The van der Waals surface area contributed by atoms with E-state index in [0.29, 0.717) is 17.4 Å². The van der Waals surface area contributed by atoms with Gasteiger partial charge in [-0.2, -0.15) is 5.26 Å². The van der Waals surface area contributed by atoms with E-state index >= 15 is 0 Å². The highest BCUT2D eigenvalue weighted by Crippen LogP contribution is 2.19. The number of rotatable bonds is 5. The molecular weight excluding hydrogens is 268 g/mol. The van der Waals surface area contributed by atoms with E-state index in [-0.39, 0.29) is 11.5 Å². The quantitative estimate of drug-likeness (QED) is 0.567. The average molecular weight is 284 g/mol. The van der Waals surface area contributed by atoms with E-state index in [0.717, 1.165) is 12.8 Å². The Balaban J connectivity index is 1.96.